The Bertz CT molecular complexity index is 973. The smallest absolute Gasteiger partial charge is 0.192 e. The first-order valence-electron chi connectivity index (χ1n) is 8.26. The number of halogens is 2. The van der Waals surface area contributed by atoms with E-state index in [4.69, 9.17) is 0 Å². The summed E-state index contributed by atoms with van der Waals surface area (Å²) >= 11 is 1.21. The van der Waals surface area contributed by atoms with Gasteiger partial charge in [0.15, 0.2) is 28.4 Å². The number of nitrogens with zero attached hydrogens (tertiary/aromatic N) is 3. The third-order valence-corrected chi connectivity index (χ3v) is 5.00. The monoisotopic (exact) mass is 385 g/mol. The topological polar surface area (TPSA) is 47.8 Å². The summed E-state index contributed by atoms with van der Waals surface area (Å²) in [6, 6.07) is 12.7. The molecule has 7 heteroatoms. The number of allylic oxidation sites excluding steroid dienone is 1. The van der Waals surface area contributed by atoms with Gasteiger partial charge in [-0.05, 0) is 25.1 Å². The van der Waals surface area contributed by atoms with Gasteiger partial charge < -0.3 is 0 Å². The van der Waals surface area contributed by atoms with Crippen LogP contribution in [0, 0.1) is 11.6 Å². The van der Waals surface area contributed by atoms with Crippen molar-refractivity contribution in [2.75, 3.05) is 0 Å². The second-order valence-electron chi connectivity index (χ2n) is 5.82. The van der Waals surface area contributed by atoms with Gasteiger partial charge in [-0.25, -0.2) is 8.78 Å². The number of benzene rings is 2. The molecule has 138 valence electrons. The van der Waals surface area contributed by atoms with Crippen LogP contribution in [0.5, 0.6) is 0 Å². The fraction of sp³-hybridized carbons (Fsp3) is 0.150. The van der Waals surface area contributed by atoms with Gasteiger partial charge in [0.1, 0.15) is 0 Å². The van der Waals surface area contributed by atoms with Crippen molar-refractivity contribution in [3.63, 3.8) is 0 Å². The van der Waals surface area contributed by atoms with Gasteiger partial charge in [-0.2, -0.15) is 0 Å². The molecular formula is C20H17F2N3OS. The van der Waals surface area contributed by atoms with Crippen LogP contribution in [0.25, 0.3) is 11.4 Å². The summed E-state index contributed by atoms with van der Waals surface area (Å²) < 4.78 is 28.4. The van der Waals surface area contributed by atoms with Crippen molar-refractivity contribution < 1.29 is 13.6 Å². The molecule has 1 aromatic heterocycles. The molecule has 27 heavy (non-hydrogen) atoms. The largest absolute Gasteiger partial charge is 0.298 e. The number of carbonyl (C=O) groups is 1. The lowest BCUT2D eigenvalue weighted by Gasteiger charge is -2.12. The minimum absolute atomic E-state index is 0.118. The van der Waals surface area contributed by atoms with Crippen molar-refractivity contribution >= 4 is 17.5 Å². The maximum absolute atomic E-state index is 13.4. The van der Waals surface area contributed by atoms with E-state index in [1.807, 2.05) is 34.9 Å². The van der Waals surface area contributed by atoms with Crippen molar-refractivity contribution in [2.24, 2.45) is 0 Å². The lowest BCUT2D eigenvalue weighted by Crippen LogP contribution is -2.15. The maximum atomic E-state index is 13.4. The summed E-state index contributed by atoms with van der Waals surface area (Å²) in [4.78, 5) is 12.6. The first-order chi connectivity index (χ1) is 13.0. The third-order valence-electron chi connectivity index (χ3n) is 3.92. The second kappa shape index (κ2) is 8.26. The maximum Gasteiger partial charge on any atom is 0.192 e. The van der Waals surface area contributed by atoms with Crippen LogP contribution in [0.4, 0.5) is 8.78 Å². The Hall–Kier alpha value is -2.80. The molecule has 3 rings (SSSR count). The van der Waals surface area contributed by atoms with E-state index < -0.39 is 16.9 Å². The molecule has 0 unspecified atom stereocenters. The molecular weight excluding hydrogens is 368 g/mol. The van der Waals surface area contributed by atoms with Crippen LogP contribution in [-0.4, -0.2) is 25.8 Å². The van der Waals surface area contributed by atoms with Crippen LogP contribution in [-0.2, 0) is 6.54 Å². The van der Waals surface area contributed by atoms with Crippen LogP contribution < -0.4 is 0 Å². The molecule has 0 bridgehead atoms. The van der Waals surface area contributed by atoms with E-state index in [0.29, 0.717) is 17.5 Å². The van der Waals surface area contributed by atoms with Crippen LogP contribution in [0.15, 0.2) is 66.3 Å². The van der Waals surface area contributed by atoms with E-state index in [2.05, 4.69) is 16.8 Å². The normalized spacial score (nSPS) is 12.0. The number of Topliss-reactive ketones (excluding diaryl/α,β-unsaturated/α-hetero) is 1. The number of aromatic nitrogens is 3. The van der Waals surface area contributed by atoms with E-state index in [1.165, 1.54) is 17.8 Å². The Morgan fingerprint density at radius 1 is 1.19 bits per heavy atom. The van der Waals surface area contributed by atoms with Gasteiger partial charge in [-0.1, -0.05) is 48.2 Å². The van der Waals surface area contributed by atoms with E-state index in [9.17, 15) is 13.6 Å². The lowest BCUT2D eigenvalue weighted by atomic mass is 10.1. The number of hydrogen-bond donors (Lipinski definition) is 0. The second-order valence-corrected chi connectivity index (χ2v) is 7.13. The van der Waals surface area contributed by atoms with Gasteiger partial charge in [-0.3, -0.25) is 9.36 Å². The first-order valence-corrected chi connectivity index (χ1v) is 9.14. The van der Waals surface area contributed by atoms with Crippen molar-refractivity contribution in [1.29, 1.82) is 0 Å². The zero-order valence-electron chi connectivity index (χ0n) is 14.6. The van der Waals surface area contributed by atoms with Crippen LogP contribution in [0.3, 0.4) is 0 Å². The van der Waals surface area contributed by atoms with Crippen molar-refractivity contribution in [3.05, 3.63) is 78.4 Å². The number of hydrogen-bond acceptors (Lipinski definition) is 4. The molecule has 4 nitrogen and oxygen atoms in total. The summed E-state index contributed by atoms with van der Waals surface area (Å²) in [5.74, 6) is -1.66. The first kappa shape index (κ1) is 19.0. The molecule has 1 atom stereocenters. The van der Waals surface area contributed by atoms with Crippen LogP contribution in [0.1, 0.15) is 17.3 Å². The number of rotatable bonds is 7. The van der Waals surface area contributed by atoms with E-state index in [0.717, 1.165) is 17.7 Å². The molecule has 0 radical (unpaired) electrons. The molecule has 0 N–H and O–H groups in total. The van der Waals surface area contributed by atoms with Gasteiger partial charge in [-0.15, -0.1) is 16.8 Å². The zero-order valence-corrected chi connectivity index (χ0v) is 15.4. The highest BCUT2D eigenvalue weighted by Crippen LogP contribution is 2.28. The van der Waals surface area contributed by atoms with Crippen molar-refractivity contribution in [3.8, 4) is 11.4 Å². The Morgan fingerprint density at radius 3 is 2.59 bits per heavy atom. The fourth-order valence-electron chi connectivity index (χ4n) is 2.57. The minimum atomic E-state index is -1.04. The van der Waals surface area contributed by atoms with E-state index in [1.54, 1.807) is 13.0 Å². The number of thioether (sulfide) groups is 1. The van der Waals surface area contributed by atoms with Crippen molar-refractivity contribution in [2.45, 2.75) is 23.9 Å². The molecule has 0 aliphatic rings. The standard InChI is InChI=1S/C20H17F2N3OS/c1-3-11-25-19(14-7-5-4-6-8-14)23-24-20(25)27-13(2)18(26)15-9-10-16(21)17(22)12-15/h3-10,12-13H,1,11H2,2H3/t13-/m0/s1. The van der Waals surface area contributed by atoms with Gasteiger partial charge in [0.25, 0.3) is 0 Å². The molecule has 0 fully saturated rings. The predicted octanol–water partition coefficient (Wildman–Crippen LogP) is 4.77. The predicted molar refractivity (Wildman–Crippen MR) is 102 cm³/mol. The Morgan fingerprint density at radius 2 is 1.93 bits per heavy atom. The zero-order chi connectivity index (χ0) is 19.4. The van der Waals surface area contributed by atoms with Crippen molar-refractivity contribution in [1.82, 2.24) is 14.8 Å². The molecule has 0 amide bonds. The molecule has 2 aromatic carbocycles. The van der Waals surface area contributed by atoms with Gasteiger partial charge in [0.05, 0.1) is 5.25 Å². The van der Waals surface area contributed by atoms with E-state index in [-0.39, 0.29) is 11.3 Å². The quantitative estimate of drug-likeness (QED) is 0.334. The summed E-state index contributed by atoms with van der Waals surface area (Å²) in [5, 5.41) is 8.44. The Kier molecular flexibility index (Phi) is 5.81. The van der Waals surface area contributed by atoms with Gasteiger partial charge >= 0.3 is 0 Å². The average Bonchev–Trinajstić information content (AvgIpc) is 3.07. The molecule has 1 heterocycles. The Balaban J connectivity index is 1.86. The molecule has 0 saturated carbocycles. The number of carbonyl (C=O) groups excluding carboxylic acids is 1. The summed E-state index contributed by atoms with van der Waals surface area (Å²) in [6.07, 6.45) is 1.72. The van der Waals surface area contributed by atoms with Crippen LogP contribution in [0.2, 0.25) is 0 Å². The summed E-state index contributed by atoms with van der Waals surface area (Å²) in [7, 11) is 0. The highest BCUT2D eigenvalue weighted by Gasteiger charge is 2.22. The molecule has 0 saturated heterocycles. The molecule has 0 aliphatic heterocycles. The minimum Gasteiger partial charge on any atom is -0.298 e. The van der Waals surface area contributed by atoms with Crippen LogP contribution >= 0.6 is 11.8 Å². The van der Waals surface area contributed by atoms with E-state index >= 15 is 0 Å². The summed E-state index contributed by atoms with van der Waals surface area (Å²) in [5.41, 5.74) is 1.02. The van der Waals surface area contributed by atoms with Gasteiger partial charge in [0, 0.05) is 17.7 Å². The molecule has 3 aromatic rings. The molecule has 0 aliphatic carbocycles. The lowest BCUT2D eigenvalue weighted by molar-refractivity contribution is 0.0993. The number of ketones is 1. The Labute approximate surface area is 159 Å². The summed E-state index contributed by atoms with van der Waals surface area (Å²) in [6.45, 7) is 5.94. The highest BCUT2D eigenvalue weighted by atomic mass is 32.2. The van der Waals surface area contributed by atoms with Gasteiger partial charge in [0.2, 0.25) is 0 Å². The third kappa shape index (κ3) is 4.14. The fourth-order valence-corrected chi connectivity index (χ4v) is 3.50. The molecule has 0 spiro atoms. The SMILES string of the molecule is C=CCn1c(S[C@@H](C)C(=O)c2ccc(F)c(F)c2)nnc1-c1ccccc1. The average molecular weight is 385 g/mol. The highest BCUT2D eigenvalue weighted by molar-refractivity contribution is 8.00.